The van der Waals surface area contributed by atoms with Gasteiger partial charge in [0.05, 0.1) is 16.9 Å². The second-order valence-corrected chi connectivity index (χ2v) is 9.48. The number of nitrogens with one attached hydrogen (secondary N) is 2. The molecule has 6 rings (SSSR count). The zero-order chi connectivity index (χ0) is 29.2. The quantitative estimate of drug-likeness (QED) is 0.238. The minimum Gasteiger partial charge on any atom is -0.454 e. The maximum absolute atomic E-state index is 13.2. The summed E-state index contributed by atoms with van der Waals surface area (Å²) in [6, 6.07) is 20.8. The van der Waals surface area contributed by atoms with E-state index in [-0.39, 0.29) is 18.1 Å². The Bertz CT molecular complexity index is 1850. The summed E-state index contributed by atoms with van der Waals surface area (Å²) in [4.78, 5) is 40.6. The number of carbonyl (C=O) groups excluding carboxylic acids is 1. The van der Waals surface area contributed by atoms with Crippen LogP contribution in [-0.2, 0) is 22.6 Å². The predicted octanol–water partition coefficient (Wildman–Crippen LogP) is 4.66. The van der Waals surface area contributed by atoms with Crippen LogP contribution >= 0.6 is 0 Å². The molecule has 3 heterocycles. The maximum Gasteiger partial charge on any atom is 0.519 e. The summed E-state index contributed by atoms with van der Waals surface area (Å²) < 4.78 is 25.9. The van der Waals surface area contributed by atoms with Crippen molar-refractivity contribution in [1.82, 2.24) is 10.1 Å². The first-order chi connectivity index (χ1) is 20.4. The lowest BCUT2D eigenvalue weighted by Crippen LogP contribution is -2.38. The lowest BCUT2D eigenvalue weighted by atomic mass is 9.98. The Morgan fingerprint density at radius 3 is 2.48 bits per heavy atom. The summed E-state index contributed by atoms with van der Waals surface area (Å²) in [5.41, 5.74) is 5.19. The number of hydrogen-bond donors (Lipinski definition) is 2. The number of aromatic amines is 1. The van der Waals surface area contributed by atoms with Gasteiger partial charge in [-0.3, -0.25) is 9.51 Å². The smallest absolute Gasteiger partial charge is 0.454 e. The van der Waals surface area contributed by atoms with E-state index in [1.807, 2.05) is 66.4 Å². The highest BCUT2D eigenvalue weighted by atomic mass is 16.6. The van der Waals surface area contributed by atoms with Gasteiger partial charge in [0, 0.05) is 18.7 Å². The van der Waals surface area contributed by atoms with Crippen molar-refractivity contribution in [2.45, 2.75) is 33.4 Å². The number of nitrogens with zero attached hydrogens (tertiary/aromatic N) is 2. The molecule has 3 aromatic carbocycles. The van der Waals surface area contributed by atoms with E-state index < -0.39 is 23.9 Å². The lowest BCUT2D eigenvalue weighted by molar-refractivity contribution is 0.0442. The molecule has 42 heavy (non-hydrogen) atoms. The zero-order valence-corrected chi connectivity index (χ0v) is 22.7. The van der Waals surface area contributed by atoms with Crippen molar-refractivity contribution in [1.29, 1.82) is 0 Å². The second-order valence-electron chi connectivity index (χ2n) is 9.48. The Labute approximate surface area is 238 Å². The first kappa shape index (κ1) is 26.8. The summed E-state index contributed by atoms with van der Waals surface area (Å²) in [7, 11) is 0. The fraction of sp³-hybridized carbons (Fsp3) is 0.200. The van der Waals surface area contributed by atoms with Crippen LogP contribution in [0, 0.1) is 6.92 Å². The Morgan fingerprint density at radius 1 is 1.00 bits per heavy atom. The summed E-state index contributed by atoms with van der Waals surface area (Å²) in [5, 5.41) is 7.16. The summed E-state index contributed by atoms with van der Waals surface area (Å²) in [5.74, 6) is -1.30. The first-order valence-electron chi connectivity index (χ1n) is 13.2. The second kappa shape index (κ2) is 11.3. The molecule has 0 fully saturated rings. The van der Waals surface area contributed by atoms with Gasteiger partial charge in [-0.25, -0.2) is 14.4 Å². The van der Waals surface area contributed by atoms with Crippen molar-refractivity contribution in [3.63, 3.8) is 0 Å². The van der Waals surface area contributed by atoms with Crippen LogP contribution in [0.4, 0.5) is 11.4 Å². The van der Waals surface area contributed by atoms with Crippen molar-refractivity contribution >= 4 is 17.3 Å². The topological polar surface area (TPSA) is 153 Å². The highest BCUT2D eigenvalue weighted by molar-refractivity contribution is 6.00. The summed E-state index contributed by atoms with van der Waals surface area (Å²) in [6.07, 6.45) is -0.516. The number of ether oxygens (including phenoxy) is 2. The lowest BCUT2D eigenvalue weighted by Gasteiger charge is -2.27. The first-order valence-corrected chi connectivity index (χ1v) is 13.2. The Kier molecular flexibility index (Phi) is 7.19. The van der Waals surface area contributed by atoms with E-state index in [9.17, 15) is 14.4 Å². The Balaban J connectivity index is 1.26. The highest BCUT2D eigenvalue weighted by Gasteiger charge is 2.33. The molecule has 0 spiro atoms. The summed E-state index contributed by atoms with van der Waals surface area (Å²) in [6.45, 7) is 4.08. The summed E-state index contributed by atoms with van der Waals surface area (Å²) >= 11 is 0. The zero-order valence-electron chi connectivity index (χ0n) is 22.7. The third kappa shape index (κ3) is 5.22. The fourth-order valence-electron chi connectivity index (χ4n) is 4.90. The molecule has 0 bridgehead atoms. The number of para-hydroxylation sites is 1. The fourth-order valence-corrected chi connectivity index (χ4v) is 4.90. The van der Waals surface area contributed by atoms with Gasteiger partial charge in [-0.2, -0.15) is 0 Å². The number of fused-ring (bicyclic) bond motifs is 1. The van der Waals surface area contributed by atoms with Crippen LogP contribution in [0.3, 0.4) is 0 Å². The Morgan fingerprint density at radius 2 is 1.79 bits per heavy atom. The van der Waals surface area contributed by atoms with Crippen molar-refractivity contribution in [3.8, 4) is 22.5 Å². The van der Waals surface area contributed by atoms with E-state index in [0.29, 0.717) is 30.2 Å². The number of H-pyrrole nitrogens is 1. The van der Waals surface area contributed by atoms with E-state index in [1.54, 1.807) is 19.1 Å². The Hall–Kier alpha value is -5.36. The molecule has 0 saturated carbocycles. The number of aryl methyl sites for hydroxylation is 1. The SMILES string of the molecule is CCO[C@H]1Nc2cccc(C(=O)OCc3oc(=O)oc3C)c2N1Cc1ccc(-c2ccccc2-c2noc(=O)[nH]2)cc1. The number of aromatic nitrogens is 2. The third-order valence-corrected chi connectivity index (χ3v) is 6.84. The number of anilines is 2. The molecule has 1 aliphatic heterocycles. The van der Waals surface area contributed by atoms with Crippen LogP contribution < -0.4 is 21.8 Å². The minimum atomic E-state index is -0.850. The van der Waals surface area contributed by atoms with E-state index in [1.165, 1.54) is 0 Å². The van der Waals surface area contributed by atoms with Gasteiger partial charge in [-0.15, -0.1) is 0 Å². The highest BCUT2D eigenvalue weighted by Crippen LogP contribution is 2.40. The molecule has 0 aliphatic carbocycles. The van der Waals surface area contributed by atoms with Crippen LogP contribution in [0.15, 0.2) is 89.7 Å². The maximum atomic E-state index is 13.2. The average Bonchev–Trinajstić information content (AvgIpc) is 3.68. The van der Waals surface area contributed by atoms with Gasteiger partial charge in [0.1, 0.15) is 0 Å². The molecule has 0 unspecified atom stereocenters. The van der Waals surface area contributed by atoms with Crippen molar-refractivity contribution < 1.29 is 27.6 Å². The van der Waals surface area contributed by atoms with Crippen molar-refractivity contribution in [3.05, 3.63) is 111 Å². The van der Waals surface area contributed by atoms with Gasteiger partial charge in [0.25, 0.3) is 0 Å². The molecule has 0 saturated heterocycles. The van der Waals surface area contributed by atoms with Gasteiger partial charge >= 0.3 is 17.5 Å². The van der Waals surface area contributed by atoms with Gasteiger partial charge in [0.2, 0.25) is 6.35 Å². The molecule has 214 valence electrons. The monoisotopic (exact) mass is 570 g/mol. The molecule has 0 radical (unpaired) electrons. The van der Waals surface area contributed by atoms with Gasteiger partial charge in [0.15, 0.2) is 24.0 Å². The largest absolute Gasteiger partial charge is 0.519 e. The van der Waals surface area contributed by atoms with Crippen LogP contribution in [-0.4, -0.2) is 29.1 Å². The predicted molar refractivity (Wildman–Crippen MR) is 151 cm³/mol. The van der Waals surface area contributed by atoms with Gasteiger partial charge in [-0.05, 0) is 42.7 Å². The molecule has 12 nitrogen and oxygen atoms in total. The molecule has 0 amide bonds. The molecular weight excluding hydrogens is 544 g/mol. The normalized spacial score (nSPS) is 14.0. The van der Waals surface area contributed by atoms with E-state index in [0.717, 1.165) is 27.9 Å². The molecule has 5 aromatic rings. The standard InChI is InChI=1S/C30H26N4O8/c1-3-38-28-31-23-10-6-9-22(27(35)39-16-24-17(2)40-30(37)41-24)25(23)34(28)15-18-11-13-19(14-12-18)20-7-4-5-8-21(20)26-32-29(36)42-33-26/h4-14,28,31H,3,15-16H2,1-2H3,(H,32,33,36)/t28-/m0/s1. The van der Waals surface area contributed by atoms with Crippen LogP contribution in [0.5, 0.6) is 0 Å². The van der Waals surface area contributed by atoms with E-state index >= 15 is 0 Å². The minimum absolute atomic E-state index is 0.152. The number of esters is 1. The molecule has 1 aliphatic rings. The third-order valence-electron chi connectivity index (χ3n) is 6.84. The molecule has 12 heteroatoms. The van der Waals surface area contributed by atoms with E-state index in [4.69, 9.17) is 22.8 Å². The van der Waals surface area contributed by atoms with Crippen LogP contribution in [0.25, 0.3) is 22.5 Å². The number of hydrogen-bond acceptors (Lipinski definition) is 11. The average molecular weight is 571 g/mol. The van der Waals surface area contributed by atoms with Crippen LogP contribution in [0.2, 0.25) is 0 Å². The number of rotatable bonds is 9. The molecule has 2 N–H and O–H groups in total. The van der Waals surface area contributed by atoms with Gasteiger partial charge in [-0.1, -0.05) is 59.8 Å². The molecular formula is C30H26N4O8. The molecule has 2 aromatic heterocycles. The number of benzene rings is 3. The van der Waals surface area contributed by atoms with Crippen molar-refractivity contribution in [2.75, 3.05) is 16.8 Å². The molecule has 1 atom stereocenters. The number of carbonyl (C=O) groups is 1. The van der Waals surface area contributed by atoms with Crippen LogP contribution in [0.1, 0.15) is 34.4 Å². The van der Waals surface area contributed by atoms with Crippen molar-refractivity contribution in [2.24, 2.45) is 0 Å². The van der Waals surface area contributed by atoms with Gasteiger partial charge < -0.3 is 28.5 Å². The van der Waals surface area contributed by atoms with E-state index in [2.05, 4.69) is 15.5 Å².